The van der Waals surface area contributed by atoms with Crippen LogP contribution in [-0.4, -0.2) is 108 Å². The SMILES string of the molecule is C#CC(=O)c1ccccc1.C#CC(=O)c1ccccc1Cl.Fc1ccc(N2C[C@H]3C[C@@H]2CN3)cc1.O=C(/C=C/N1C[C@H]2C[C@@H]1CN2c1ccc(F)cc1)c1ccccc1.O=C(/C=C/N1C[C@H]2C[C@@H]1CN2c1ccc(F)cc1)c1ccccc1Cl. The summed E-state index contributed by atoms with van der Waals surface area (Å²) < 4.78 is 38.9. The number of hydrogen-bond donors (Lipinski definition) is 1. The number of carbonyl (C=O) groups is 4. The molecular formula is C69H61Cl2F3N6O4. The van der Waals surface area contributed by atoms with Gasteiger partial charge in [-0.1, -0.05) is 108 Å². The minimum atomic E-state index is -0.379. The number of ketones is 4. The maximum atomic E-state index is 13.1. The first-order valence-corrected chi connectivity index (χ1v) is 28.4. The van der Waals surface area contributed by atoms with Crippen molar-refractivity contribution < 1.29 is 32.3 Å². The van der Waals surface area contributed by atoms with E-state index >= 15 is 0 Å². The van der Waals surface area contributed by atoms with Crippen molar-refractivity contribution in [3.05, 3.63) is 256 Å². The third-order valence-electron chi connectivity index (χ3n) is 15.5. The predicted molar refractivity (Wildman–Crippen MR) is 328 cm³/mol. The second kappa shape index (κ2) is 28.4. The van der Waals surface area contributed by atoms with Gasteiger partial charge in [0.1, 0.15) is 17.5 Å². The van der Waals surface area contributed by atoms with Gasteiger partial charge >= 0.3 is 0 Å². The quantitative estimate of drug-likeness (QED) is 0.0584. The summed E-state index contributed by atoms with van der Waals surface area (Å²) in [6.07, 6.45) is 20.3. The molecule has 0 aliphatic carbocycles. The minimum absolute atomic E-state index is 0.0359. The number of carbonyl (C=O) groups excluding carboxylic acids is 4. The van der Waals surface area contributed by atoms with E-state index in [2.05, 4.69) is 29.8 Å². The largest absolute Gasteiger partial charge is 0.370 e. The second-order valence-electron chi connectivity index (χ2n) is 20.9. The molecule has 0 unspecified atom stereocenters. The van der Waals surface area contributed by atoms with Crippen LogP contribution >= 0.6 is 23.2 Å². The van der Waals surface area contributed by atoms with E-state index in [0.29, 0.717) is 68.6 Å². The average molecular weight is 1170 g/mol. The van der Waals surface area contributed by atoms with Crippen molar-refractivity contribution in [3.63, 3.8) is 0 Å². The van der Waals surface area contributed by atoms with E-state index < -0.39 is 0 Å². The van der Waals surface area contributed by atoms with Gasteiger partial charge in [0.05, 0.1) is 10.0 Å². The fourth-order valence-corrected chi connectivity index (χ4v) is 11.8. The van der Waals surface area contributed by atoms with Crippen LogP contribution in [0.3, 0.4) is 0 Å². The highest BCUT2D eigenvalue weighted by Gasteiger charge is 2.43. The molecule has 6 aliphatic rings. The molecule has 0 amide bonds. The van der Waals surface area contributed by atoms with Crippen molar-refractivity contribution >= 4 is 63.4 Å². The van der Waals surface area contributed by atoms with E-state index in [9.17, 15) is 32.3 Å². The van der Waals surface area contributed by atoms with Crippen molar-refractivity contribution in [2.24, 2.45) is 0 Å². The van der Waals surface area contributed by atoms with Crippen molar-refractivity contribution in [1.82, 2.24) is 15.1 Å². The molecule has 7 aromatic carbocycles. The molecule has 6 heterocycles. The Bertz CT molecular complexity index is 3560. The van der Waals surface area contributed by atoms with Crippen LogP contribution in [0.25, 0.3) is 0 Å². The third kappa shape index (κ3) is 15.2. The zero-order valence-corrected chi connectivity index (χ0v) is 47.4. The number of terminal acetylenes is 2. The Kier molecular flexibility index (Phi) is 20.2. The number of hydrogen-bond acceptors (Lipinski definition) is 10. The van der Waals surface area contributed by atoms with Crippen LogP contribution in [0, 0.1) is 42.1 Å². The van der Waals surface area contributed by atoms with Gasteiger partial charge in [0, 0.05) is 139 Å². The fraction of sp³-hybridized carbons (Fsp3) is 0.217. The van der Waals surface area contributed by atoms with Crippen LogP contribution in [0.1, 0.15) is 60.7 Å². The number of nitrogens with zero attached hydrogens (tertiary/aromatic N) is 5. The highest BCUT2D eigenvalue weighted by atomic mass is 35.5. The van der Waals surface area contributed by atoms with E-state index in [1.165, 1.54) is 42.8 Å². The van der Waals surface area contributed by atoms with Crippen LogP contribution in [0.15, 0.2) is 207 Å². The molecule has 0 aromatic heterocycles. The topological polar surface area (TPSA) is 96.5 Å². The zero-order chi connectivity index (χ0) is 59.1. The molecule has 0 radical (unpaired) electrons. The Hall–Kier alpha value is -8.85. The molecule has 0 spiro atoms. The van der Waals surface area contributed by atoms with Crippen LogP contribution in [0.5, 0.6) is 0 Å². The number of Topliss-reactive ketones (excluding diaryl/α,β-unsaturated/α-hetero) is 2. The van der Waals surface area contributed by atoms with Crippen LogP contribution in [0.4, 0.5) is 30.2 Å². The van der Waals surface area contributed by atoms with Crippen LogP contribution < -0.4 is 20.0 Å². The standard InChI is InChI=1S/C20H18ClFN2O.C20H19FN2O.C11H13FN2.C9H5ClO.C9H6O/c21-19-4-2-1-3-18(19)20(25)9-10-23-12-17-11-16(23)13-24(17)15-7-5-14(22)6-8-15;21-16-6-8-17(9-7-16)23-14-18-12-19(23)13-22(18)11-10-20(24)15-4-2-1-3-5-15;12-8-1-3-10(4-2-8)14-7-9-5-11(14)6-13-9;1-2-9(11)7-5-3-4-6-8(7)10;1-2-9(10)8-6-4-3-5-7-8/h1-10,16-17H,11-13H2;1-11,18-19H,12-14H2;1-4,9,11,13H,5-7H2;1,3-6H;1,3-7H/b10-9+;11-10+;;;/t16-,17-;18-,19-;9-,11-;;/m111../s1. The number of nitrogens with one attached hydrogen (secondary N) is 1. The summed E-state index contributed by atoms with van der Waals surface area (Å²) in [5, 5.41) is 4.32. The van der Waals surface area contributed by atoms with Gasteiger partial charge in [-0.3, -0.25) is 19.2 Å². The van der Waals surface area contributed by atoms with Gasteiger partial charge in [0.15, 0.2) is 11.6 Å². The van der Waals surface area contributed by atoms with Gasteiger partial charge in [-0.25, -0.2) is 13.2 Å². The second-order valence-corrected chi connectivity index (χ2v) is 21.7. The molecule has 6 bridgehead atoms. The molecule has 15 heteroatoms. The molecule has 6 fully saturated rings. The Morgan fingerprint density at radius 1 is 0.440 bits per heavy atom. The minimum Gasteiger partial charge on any atom is -0.370 e. The van der Waals surface area contributed by atoms with Crippen molar-refractivity contribution in [3.8, 4) is 24.7 Å². The summed E-state index contributed by atoms with van der Waals surface area (Å²) >= 11 is 11.8. The van der Waals surface area contributed by atoms with Gasteiger partial charge in [-0.05, 0) is 128 Å². The summed E-state index contributed by atoms with van der Waals surface area (Å²) in [4.78, 5) is 57.7. The molecule has 7 aromatic rings. The number of fused-ring (bicyclic) bond motifs is 6. The number of allylic oxidation sites excluding steroid dienone is 2. The average Bonchev–Trinajstić information content (AvgIpc) is 4.06. The summed E-state index contributed by atoms with van der Waals surface area (Å²) in [6.45, 7) is 5.72. The summed E-state index contributed by atoms with van der Waals surface area (Å²) in [5.41, 5.74) is 5.49. The lowest BCUT2D eigenvalue weighted by Gasteiger charge is -2.35. The molecule has 1 N–H and O–H groups in total. The highest BCUT2D eigenvalue weighted by Crippen LogP contribution is 2.37. The van der Waals surface area contributed by atoms with Gasteiger partial charge in [0.25, 0.3) is 0 Å². The van der Waals surface area contributed by atoms with Crippen molar-refractivity contribution in [2.45, 2.75) is 55.5 Å². The first-order valence-electron chi connectivity index (χ1n) is 27.6. The van der Waals surface area contributed by atoms with Gasteiger partial charge in [-0.15, -0.1) is 12.8 Å². The molecule has 10 nitrogen and oxygen atoms in total. The summed E-state index contributed by atoms with van der Waals surface area (Å²) in [5.74, 6) is 2.78. The Morgan fingerprint density at radius 3 is 1.24 bits per heavy atom. The number of anilines is 3. The fourth-order valence-electron chi connectivity index (χ4n) is 11.3. The van der Waals surface area contributed by atoms with Crippen molar-refractivity contribution in [1.29, 1.82) is 0 Å². The lowest BCUT2D eigenvalue weighted by molar-refractivity contribution is 0.103. The molecular weight excluding hydrogens is 1100 g/mol. The zero-order valence-electron chi connectivity index (χ0n) is 45.9. The Morgan fingerprint density at radius 2 is 0.845 bits per heavy atom. The molecule has 426 valence electrons. The smallest absolute Gasteiger partial charge is 0.237 e. The maximum Gasteiger partial charge on any atom is 0.237 e. The van der Waals surface area contributed by atoms with E-state index in [-0.39, 0.29) is 40.6 Å². The molecule has 6 saturated heterocycles. The Labute approximate surface area is 498 Å². The normalized spacial score (nSPS) is 20.2. The Balaban J connectivity index is 0.000000132. The van der Waals surface area contributed by atoms with E-state index in [0.717, 1.165) is 69.2 Å². The lowest BCUT2D eigenvalue weighted by Crippen LogP contribution is -2.44. The number of benzene rings is 7. The van der Waals surface area contributed by atoms with Gasteiger partial charge in [-0.2, -0.15) is 0 Å². The number of rotatable bonds is 11. The molecule has 0 saturated carbocycles. The first kappa shape index (κ1) is 59.8. The molecule has 13 rings (SSSR count). The molecule has 6 aliphatic heterocycles. The van der Waals surface area contributed by atoms with Gasteiger partial charge < -0.3 is 29.8 Å². The molecule has 84 heavy (non-hydrogen) atoms. The first-order chi connectivity index (χ1) is 40.7. The molecule has 6 atom stereocenters. The number of piperazine rings is 3. The predicted octanol–water partition coefficient (Wildman–Crippen LogP) is 12.7. The van der Waals surface area contributed by atoms with Crippen molar-refractivity contribution in [2.75, 3.05) is 54.0 Å². The summed E-state index contributed by atoms with van der Waals surface area (Å²) in [6, 6.07) is 55.0. The van der Waals surface area contributed by atoms with E-state index in [1.54, 1.807) is 72.8 Å². The highest BCUT2D eigenvalue weighted by molar-refractivity contribution is 6.35. The summed E-state index contributed by atoms with van der Waals surface area (Å²) in [7, 11) is 0. The third-order valence-corrected chi connectivity index (χ3v) is 16.2. The van der Waals surface area contributed by atoms with Crippen LogP contribution in [0.2, 0.25) is 10.0 Å². The monoisotopic (exact) mass is 1160 g/mol. The van der Waals surface area contributed by atoms with Gasteiger partial charge in [0.2, 0.25) is 11.6 Å². The van der Waals surface area contributed by atoms with E-state index in [1.807, 2.05) is 109 Å². The maximum absolute atomic E-state index is 13.1. The van der Waals surface area contributed by atoms with E-state index in [4.69, 9.17) is 36.0 Å². The lowest BCUT2D eigenvalue weighted by atomic mass is 10.1. The number of halogens is 5. The van der Waals surface area contributed by atoms with Crippen LogP contribution in [-0.2, 0) is 0 Å². The number of likely N-dealkylation sites (tertiary alicyclic amines) is 2.